The first-order valence-electron chi connectivity index (χ1n) is 11.3. The number of rotatable bonds is 5. The summed E-state index contributed by atoms with van der Waals surface area (Å²) >= 11 is 0. The Morgan fingerprint density at radius 1 is 0.750 bits per heavy atom. The minimum absolute atomic E-state index is 0.111. The van der Waals surface area contributed by atoms with Gasteiger partial charge in [0.05, 0.1) is 0 Å². The summed E-state index contributed by atoms with van der Waals surface area (Å²) in [5.41, 5.74) is 4.64. The molecule has 3 atom stereocenters. The molecule has 1 aliphatic carbocycles. The average molecular weight is 442 g/mol. The highest BCUT2D eigenvalue weighted by atomic mass is 31.1. The van der Waals surface area contributed by atoms with Gasteiger partial charge in [-0.1, -0.05) is 84.9 Å². The number of fused-ring (bicyclic) bond motifs is 3. The molecular weight excluding hydrogens is 413 g/mol. The number of aryl methyl sites for hydroxylation is 1. The number of hydrogen-bond acceptors (Lipinski definition) is 3. The van der Waals surface area contributed by atoms with E-state index < -0.39 is 8.16 Å². The number of benzene rings is 3. The first kappa shape index (κ1) is 20.9. The van der Waals surface area contributed by atoms with Crippen molar-refractivity contribution in [3.8, 4) is 0 Å². The molecule has 0 spiro atoms. The Labute approximate surface area is 190 Å². The lowest BCUT2D eigenvalue weighted by atomic mass is 10.00. The third kappa shape index (κ3) is 4.07. The fourth-order valence-corrected chi connectivity index (χ4v) is 6.18. The van der Waals surface area contributed by atoms with Crippen molar-refractivity contribution in [2.75, 3.05) is 4.67 Å². The van der Waals surface area contributed by atoms with Crippen molar-refractivity contribution in [2.45, 2.75) is 38.8 Å². The van der Waals surface area contributed by atoms with Crippen molar-refractivity contribution in [1.82, 2.24) is 0 Å². The van der Waals surface area contributed by atoms with E-state index in [0.717, 1.165) is 29.6 Å². The van der Waals surface area contributed by atoms with E-state index in [2.05, 4.69) is 110 Å². The Morgan fingerprint density at radius 3 is 2.00 bits per heavy atom. The molecule has 4 heteroatoms. The Morgan fingerprint density at radius 2 is 1.34 bits per heavy atom. The van der Waals surface area contributed by atoms with Crippen LogP contribution in [0.3, 0.4) is 0 Å². The second-order valence-electron chi connectivity index (χ2n) is 8.25. The Balaban J connectivity index is 1.74. The second kappa shape index (κ2) is 9.24. The Hall–Kier alpha value is -3.00. The monoisotopic (exact) mass is 441 g/mol. The van der Waals surface area contributed by atoms with Gasteiger partial charge in [-0.3, -0.25) is 0 Å². The molecule has 3 aromatic carbocycles. The summed E-state index contributed by atoms with van der Waals surface area (Å²) in [5, 5.41) is 1.15. The van der Waals surface area contributed by atoms with Crippen molar-refractivity contribution in [3.63, 3.8) is 0 Å². The molecule has 0 fully saturated rings. The summed E-state index contributed by atoms with van der Waals surface area (Å²) in [4.78, 5) is 0. The predicted molar refractivity (Wildman–Crippen MR) is 134 cm³/mol. The smallest absolute Gasteiger partial charge is 0.310 e. The first-order valence-corrected chi connectivity index (χ1v) is 12.4. The van der Waals surface area contributed by atoms with E-state index in [4.69, 9.17) is 8.39 Å². The zero-order valence-corrected chi connectivity index (χ0v) is 19.4. The van der Waals surface area contributed by atoms with Crippen LogP contribution in [0.25, 0.3) is 17.0 Å². The van der Waals surface area contributed by atoms with Crippen LogP contribution in [0.1, 0.15) is 54.8 Å². The molecule has 1 unspecified atom stereocenters. The van der Waals surface area contributed by atoms with E-state index in [1.54, 1.807) is 0 Å². The van der Waals surface area contributed by atoms with Gasteiger partial charge in [0.2, 0.25) is 0 Å². The highest BCUT2D eigenvalue weighted by molar-refractivity contribution is 7.38. The minimum Gasteiger partial charge on any atom is -0.408 e. The van der Waals surface area contributed by atoms with Gasteiger partial charge in [0.15, 0.2) is 0 Å². The van der Waals surface area contributed by atoms with Gasteiger partial charge in [0, 0.05) is 23.0 Å². The van der Waals surface area contributed by atoms with E-state index in [1.807, 2.05) is 6.07 Å². The third-order valence-electron chi connectivity index (χ3n) is 6.24. The zero-order chi connectivity index (χ0) is 21.9. The van der Waals surface area contributed by atoms with Crippen LogP contribution in [0, 0.1) is 0 Å². The minimum atomic E-state index is -1.39. The molecule has 1 heterocycles. The number of allylic oxidation sites excluding steroid dienone is 1. The van der Waals surface area contributed by atoms with E-state index in [1.165, 1.54) is 16.7 Å². The molecule has 4 aromatic rings. The largest absolute Gasteiger partial charge is 0.408 e. The van der Waals surface area contributed by atoms with E-state index >= 15 is 0 Å². The van der Waals surface area contributed by atoms with E-state index in [9.17, 15) is 0 Å². The lowest BCUT2D eigenvalue weighted by Crippen LogP contribution is -2.27. The van der Waals surface area contributed by atoms with Crippen LogP contribution >= 0.6 is 8.16 Å². The molecule has 5 rings (SSSR count). The van der Waals surface area contributed by atoms with Gasteiger partial charge >= 0.3 is 8.16 Å². The molecule has 3 nitrogen and oxygen atoms in total. The molecule has 0 aliphatic heterocycles. The summed E-state index contributed by atoms with van der Waals surface area (Å²) in [5.74, 6) is 0.942. The van der Waals surface area contributed by atoms with Gasteiger partial charge < -0.3 is 8.39 Å². The van der Waals surface area contributed by atoms with Crippen LogP contribution in [-0.2, 0) is 6.42 Å². The van der Waals surface area contributed by atoms with Crippen molar-refractivity contribution in [2.24, 2.45) is 0 Å². The molecule has 1 aromatic heterocycles. The van der Waals surface area contributed by atoms with Crippen LogP contribution in [0.5, 0.6) is 0 Å². The number of hydrogen-bond donors (Lipinski definition) is 0. The summed E-state index contributed by atoms with van der Waals surface area (Å²) in [6.07, 6.45) is 6.32. The quantitative estimate of drug-likeness (QED) is 0.311. The second-order valence-corrected chi connectivity index (χ2v) is 9.56. The average Bonchev–Trinajstić information content (AvgIpc) is 3.02. The SMILES string of the molecule is C[C@@H](c1ccccc1)N([C@@H](C)c1ccccc1)p1oc2c(c3ccccc3o1)CCC=C2. The molecule has 32 heavy (non-hydrogen) atoms. The highest BCUT2D eigenvalue weighted by Crippen LogP contribution is 2.46. The maximum absolute atomic E-state index is 6.71. The predicted octanol–water partition coefficient (Wildman–Crippen LogP) is 8.56. The van der Waals surface area contributed by atoms with Crippen molar-refractivity contribution in [1.29, 1.82) is 0 Å². The first-order chi connectivity index (χ1) is 15.7. The van der Waals surface area contributed by atoms with Gasteiger partial charge in [0.25, 0.3) is 0 Å². The summed E-state index contributed by atoms with van der Waals surface area (Å²) in [6, 6.07) is 29.8. The lowest BCUT2D eigenvalue weighted by Gasteiger charge is -2.31. The fraction of sp³-hybridized carbons (Fsp3) is 0.214. The Bertz CT molecular complexity index is 1220. The van der Waals surface area contributed by atoms with E-state index in [-0.39, 0.29) is 12.1 Å². The van der Waals surface area contributed by atoms with Crippen LogP contribution in [-0.4, -0.2) is 0 Å². The maximum Gasteiger partial charge on any atom is 0.310 e. The van der Waals surface area contributed by atoms with Gasteiger partial charge in [0.1, 0.15) is 11.3 Å². The maximum atomic E-state index is 6.71. The van der Waals surface area contributed by atoms with Crippen LogP contribution in [0.2, 0.25) is 0 Å². The van der Waals surface area contributed by atoms with Crippen molar-refractivity contribution < 1.29 is 8.39 Å². The topological polar surface area (TPSA) is 29.5 Å². The van der Waals surface area contributed by atoms with Gasteiger partial charge in [-0.25, -0.2) is 0 Å². The molecule has 0 amide bonds. The van der Waals surface area contributed by atoms with Gasteiger partial charge in [-0.15, -0.1) is 0 Å². The van der Waals surface area contributed by atoms with Crippen molar-refractivity contribution >= 4 is 25.2 Å². The van der Waals surface area contributed by atoms with Gasteiger partial charge in [-0.2, -0.15) is 4.67 Å². The molecule has 0 radical (unpaired) electrons. The summed E-state index contributed by atoms with van der Waals surface area (Å²) in [7, 11) is -1.39. The molecular formula is C28H28NO2P. The molecule has 1 aliphatic rings. The molecule has 0 bridgehead atoms. The number of nitrogens with zero attached hydrogens (tertiary/aromatic N) is 1. The zero-order valence-electron chi connectivity index (χ0n) is 18.5. The molecule has 0 saturated carbocycles. The van der Waals surface area contributed by atoms with Crippen molar-refractivity contribution in [3.05, 3.63) is 113 Å². The standard InChI is InChI=1S/C28H28NO2P/c1-21(23-13-5-3-6-14-23)29(22(2)24-15-7-4-8-16-24)32-30-27-19-11-9-17-25(27)26-18-10-12-20-28(26)31-32/h3-9,11-17,19-22H,10,18H2,1-2H3/t21-,22-,32?/m0/s1. The molecule has 162 valence electrons. The van der Waals surface area contributed by atoms with Crippen LogP contribution < -0.4 is 4.67 Å². The number of para-hydroxylation sites is 1. The van der Waals surface area contributed by atoms with Crippen LogP contribution in [0.15, 0.2) is 99.4 Å². The fourth-order valence-electron chi connectivity index (χ4n) is 4.46. The lowest BCUT2D eigenvalue weighted by molar-refractivity contribution is 0.538. The Kier molecular flexibility index (Phi) is 6.03. The van der Waals surface area contributed by atoms with E-state index in [0.29, 0.717) is 0 Å². The molecule has 0 saturated heterocycles. The molecule has 0 N–H and O–H groups in total. The third-order valence-corrected chi connectivity index (χ3v) is 8.01. The van der Waals surface area contributed by atoms with Crippen LogP contribution in [0.4, 0.5) is 0 Å². The summed E-state index contributed by atoms with van der Waals surface area (Å²) < 4.78 is 15.8. The van der Waals surface area contributed by atoms with Gasteiger partial charge in [-0.05, 0) is 50.0 Å². The normalized spacial score (nSPS) is 15.4. The highest BCUT2D eigenvalue weighted by Gasteiger charge is 2.29. The summed E-state index contributed by atoms with van der Waals surface area (Å²) in [6.45, 7) is 4.49.